The lowest BCUT2D eigenvalue weighted by molar-refractivity contribution is -0.121. The molecule has 0 aromatic heterocycles. The Morgan fingerprint density at radius 3 is 2.85 bits per heavy atom. The Bertz CT molecular complexity index is 427. The molecule has 1 aliphatic heterocycles. The largest absolute Gasteiger partial charge is 0.356 e. The van der Waals surface area contributed by atoms with E-state index in [9.17, 15) is 4.79 Å². The van der Waals surface area contributed by atoms with E-state index >= 15 is 0 Å². The van der Waals surface area contributed by atoms with Crippen LogP contribution in [0.15, 0.2) is 28.7 Å². The van der Waals surface area contributed by atoms with Crippen LogP contribution >= 0.6 is 15.9 Å². The van der Waals surface area contributed by atoms with Gasteiger partial charge in [0.15, 0.2) is 0 Å². The van der Waals surface area contributed by atoms with Crippen LogP contribution in [0.25, 0.3) is 0 Å². The zero-order valence-corrected chi connectivity index (χ0v) is 13.6. The summed E-state index contributed by atoms with van der Waals surface area (Å²) >= 11 is 3.43. The lowest BCUT2D eigenvalue weighted by Crippen LogP contribution is -2.31. The Morgan fingerprint density at radius 1 is 1.45 bits per heavy atom. The van der Waals surface area contributed by atoms with Gasteiger partial charge >= 0.3 is 0 Å². The number of hydrogen-bond acceptors (Lipinski definition) is 2. The average molecular weight is 339 g/mol. The fourth-order valence-corrected chi connectivity index (χ4v) is 2.91. The fraction of sp³-hybridized carbons (Fsp3) is 0.562. The molecule has 0 spiro atoms. The van der Waals surface area contributed by atoms with Gasteiger partial charge in [-0.05, 0) is 49.4 Å². The van der Waals surface area contributed by atoms with Crippen molar-refractivity contribution in [3.8, 4) is 0 Å². The summed E-state index contributed by atoms with van der Waals surface area (Å²) in [5.74, 6) is 0.408. The number of rotatable bonds is 6. The van der Waals surface area contributed by atoms with E-state index < -0.39 is 0 Å². The Hall–Kier alpha value is -0.870. The molecule has 1 aromatic rings. The van der Waals surface area contributed by atoms with Gasteiger partial charge in [-0.1, -0.05) is 35.0 Å². The number of carbonyl (C=O) groups is 1. The quantitative estimate of drug-likeness (QED) is 0.836. The van der Waals surface area contributed by atoms with Crippen molar-refractivity contribution in [2.24, 2.45) is 0 Å². The Kier molecular flexibility index (Phi) is 6.05. The zero-order chi connectivity index (χ0) is 14.4. The van der Waals surface area contributed by atoms with E-state index in [2.05, 4.69) is 45.6 Å². The first-order chi connectivity index (χ1) is 9.65. The molecule has 0 bridgehead atoms. The van der Waals surface area contributed by atoms with Gasteiger partial charge < -0.3 is 10.6 Å². The van der Waals surface area contributed by atoms with E-state index in [1.165, 1.54) is 18.4 Å². The second-order valence-corrected chi connectivity index (χ2v) is 6.50. The van der Waals surface area contributed by atoms with Crippen LogP contribution in [0.1, 0.15) is 44.1 Å². The molecule has 110 valence electrons. The lowest BCUT2D eigenvalue weighted by atomic mass is 9.97. The highest BCUT2D eigenvalue weighted by Crippen LogP contribution is 2.21. The molecule has 1 fully saturated rings. The summed E-state index contributed by atoms with van der Waals surface area (Å²) in [6.07, 6.45) is 4.10. The number of carbonyl (C=O) groups excluding carboxylic acids is 1. The zero-order valence-electron chi connectivity index (χ0n) is 12.0. The van der Waals surface area contributed by atoms with Crippen LogP contribution < -0.4 is 10.6 Å². The summed E-state index contributed by atoms with van der Waals surface area (Å²) in [7, 11) is 0. The lowest BCUT2D eigenvalue weighted by Gasteiger charge is -2.14. The minimum absolute atomic E-state index is 0.151. The van der Waals surface area contributed by atoms with Crippen molar-refractivity contribution in [3.63, 3.8) is 0 Å². The number of nitrogens with one attached hydrogen (secondary N) is 2. The Morgan fingerprint density at radius 2 is 2.20 bits per heavy atom. The minimum Gasteiger partial charge on any atom is -0.356 e. The maximum Gasteiger partial charge on any atom is 0.220 e. The van der Waals surface area contributed by atoms with Gasteiger partial charge in [-0.25, -0.2) is 0 Å². The van der Waals surface area contributed by atoms with Crippen molar-refractivity contribution in [1.29, 1.82) is 0 Å². The molecule has 20 heavy (non-hydrogen) atoms. The smallest absolute Gasteiger partial charge is 0.220 e. The van der Waals surface area contributed by atoms with Crippen molar-refractivity contribution in [2.75, 3.05) is 13.1 Å². The normalized spacial score (nSPS) is 19.8. The SMILES string of the molecule is CC(CC(=O)NCCC1CCCN1)c1ccc(Br)cc1. The van der Waals surface area contributed by atoms with Crippen molar-refractivity contribution in [1.82, 2.24) is 10.6 Å². The second kappa shape index (κ2) is 7.79. The molecule has 1 heterocycles. The van der Waals surface area contributed by atoms with Crippen LogP contribution in [0.2, 0.25) is 0 Å². The maximum atomic E-state index is 11.9. The number of amides is 1. The van der Waals surface area contributed by atoms with E-state index in [0.29, 0.717) is 12.5 Å². The summed E-state index contributed by atoms with van der Waals surface area (Å²) < 4.78 is 1.07. The summed E-state index contributed by atoms with van der Waals surface area (Å²) in [6.45, 7) is 4.00. The van der Waals surface area contributed by atoms with Gasteiger partial charge in [-0.3, -0.25) is 4.79 Å². The molecule has 2 rings (SSSR count). The molecule has 0 radical (unpaired) electrons. The van der Waals surface area contributed by atoms with Crippen LogP contribution in [0.5, 0.6) is 0 Å². The highest BCUT2D eigenvalue weighted by atomic mass is 79.9. The van der Waals surface area contributed by atoms with Gasteiger partial charge in [-0.2, -0.15) is 0 Å². The third-order valence-electron chi connectivity index (χ3n) is 3.91. The average Bonchev–Trinajstić information content (AvgIpc) is 2.92. The molecule has 1 amide bonds. The van der Waals surface area contributed by atoms with Gasteiger partial charge in [0, 0.05) is 23.5 Å². The predicted octanol–water partition coefficient (Wildman–Crippen LogP) is 3.20. The van der Waals surface area contributed by atoms with Crippen LogP contribution in [-0.2, 0) is 4.79 Å². The van der Waals surface area contributed by atoms with E-state index in [1.807, 2.05) is 12.1 Å². The van der Waals surface area contributed by atoms with Gasteiger partial charge in [0.1, 0.15) is 0 Å². The van der Waals surface area contributed by atoms with Crippen LogP contribution in [-0.4, -0.2) is 25.0 Å². The standard InChI is InChI=1S/C16H23BrN2O/c1-12(13-4-6-14(17)7-5-13)11-16(20)19-10-8-15-3-2-9-18-15/h4-7,12,15,18H,2-3,8-11H2,1H3,(H,19,20). The van der Waals surface area contributed by atoms with E-state index in [0.717, 1.165) is 24.0 Å². The van der Waals surface area contributed by atoms with E-state index in [-0.39, 0.29) is 11.8 Å². The number of benzene rings is 1. The molecular weight excluding hydrogens is 316 g/mol. The van der Waals surface area contributed by atoms with Crippen molar-refractivity contribution in [3.05, 3.63) is 34.3 Å². The molecule has 1 aromatic carbocycles. The van der Waals surface area contributed by atoms with Gasteiger partial charge in [0.05, 0.1) is 0 Å². The van der Waals surface area contributed by atoms with Crippen LogP contribution in [0.4, 0.5) is 0 Å². The molecular formula is C16H23BrN2O. The first kappa shape index (κ1) is 15.5. The molecule has 2 unspecified atom stereocenters. The third kappa shape index (κ3) is 4.91. The van der Waals surface area contributed by atoms with E-state index in [1.54, 1.807) is 0 Å². The van der Waals surface area contributed by atoms with Gasteiger partial charge in [0.25, 0.3) is 0 Å². The van der Waals surface area contributed by atoms with Crippen molar-refractivity contribution >= 4 is 21.8 Å². The first-order valence-electron chi connectivity index (χ1n) is 7.40. The number of hydrogen-bond donors (Lipinski definition) is 2. The Labute approximate surface area is 129 Å². The monoisotopic (exact) mass is 338 g/mol. The van der Waals surface area contributed by atoms with E-state index in [4.69, 9.17) is 0 Å². The van der Waals surface area contributed by atoms with Crippen LogP contribution in [0.3, 0.4) is 0 Å². The molecule has 2 atom stereocenters. The molecule has 1 saturated heterocycles. The molecule has 4 heteroatoms. The van der Waals surface area contributed by atoms with Crippen LogP contribution in [0, 0.1) is 0 Å². The number of halogens is 1. The first-order valence-corrected chi connectivity index (χ1v) is 8.20. The summed E-state index contributed by atoms with van der Waals surface area (Å²) in [5.41, 5.74) is 1.21. The van der Waals surface area contributed by atoms with Gasteiger partial charge in [0.2, 0.25) is 5.91 Å². The third-order valence-corrected chi connectivity index (χ3v) is 4.44. The molecule has 1 aliphatic rings. The second-order valence-electron chi connectivity index (χ2n) is 5.59. The summed E-state index contributed by atoms with van der Waals surface area (Å²) in [4.78, 5) is 11.9. The maximum absolute atomic E-state index is 11.9. The molecule has 2 N–H and O–H groups in total. The summed E-state index contributed by atoms with van der Waals surface area (Å²) in [5, 5.41) is 6.48. The summed E-state index contributed by atoms with van der Waals surface area (Å²) in [6, 6.07) is 8.79. The highest BCUT2D eigenvalue weighted by Gasteiger charge is 2.15. The molecule has 3 nitrogen and oxygen atoms in total. The highest BCUT2D eigenvalue weighted by molar-refractivity contribution is 9.10. The minimum atomic E-state index is 0.151. The molecule has 0 aliphatic carbocycles. The molecule has 0 saturated carbocycles. The van der Waals surface area contributed by atoms with Gasteiger partial charge in [-0.15, -0.1) is 0 Å². The van der Waals surface area contributed by atoms with Crippen molar-refractivity contribution < 1.29 is 4.79 Å². The Balaban J connectivity index is 1.69. The van der Waals surface area contributed by atoms with Crippen molar-refractivity contribution in [2.45, 2.75) is 44.6 Å². The topological polar surface area (TPSA) is 41.1 Å². The fourth-order valence-electron chi connectivity index (χ4n) is 2.65. The predicted molar refractivity (Wildman–Crippen MR) is 85.8 cm³/mol.